The topological polar surface area (TPSA) is 63.4 Å². The molecule has 2 aliphatic rings. The van der Waals surface area contributed by atoms with E-state index in [9.17, 15) is 4.79 Å². The van der Waals surface area contributed by atoms with E-state index in [4.69, 9.17) is 4.98 Å². The molecule has 0 N–H and O–H groups in total. The number of hydrogen-bond acceptors (Lipinski definition) is 6. The number of carbonyl (C=O) groups excluding carboxylic acids is 1. The van der Waals surface area contributed by atoms with E-state index < -0.39 is 0 Å². The molecular weight excluding hydrogens is 414 g/mol. The first kappa shape index (κ1) is 20.2. The zero-order chi connectivity index (χ0) is 20.8. The Morgan fingerprint density at radius 3 is 2.80 bits per heavy atom. The monoisotopic (exact) mass is 443 g/mol. The lowest BCUT2D eigenvalue weighted by Crippen LogP contribution is -2.36. The van der Waals surface area contributed by atoms with Gasteiger partial charge >= 0.3 is 0 Å². The van der Waals surface area contributed by atoms with E-state index in [1.807, 2.05) is 16.2 Å². The van der Waals surface area contributed by atoms with Crippen LogP contribution in [-0.2, 0) is 17.6 Å². The van der Waals surface area contributed by atoms with Gasteiger partial charge in [0.2, 0.25) is 5.91 Å². The van der Waals surface area contributed by atoms with Gasteiger partial charge in [-0.3, -0.25) is 9.20 Å². The molecule has 1 saturated heterocycles. The molecule has 0 aromatic carbocycles. The van der Waals surface area contributed by atoms with Gasteiger partial charge < -0.3 is 4.90 Å². The zero-order valence-electron chi connectivity index (χ0n) is 18.0. The van der Waals surface area contributed by atoms with Gasteiger partial charge in [-0.15, -0.1) is 21.5 Å². The molecule has 160 valence electrons. The lowest BCUT2D eigenvalue weighted by molar-refractivity contribution is -0.129. The maximum absolute atomic E-state index is 12.7. The van der Waals surface area contributed by atoms with Crippen LogP contribution in [0.5, 0.6) is 0 Å². The highest BCUT2D eigenvalue weighted by molar-refractivity contribution is 7.99. The summed E-state index contributed by atoms with van der Waals surface area (Å²) in [6.45, 7) is 8.44. The lowest BCUT2D eigenvalue weighted by Gasteiger charge is -2.26. The standard InChI is InChI=1S/C22H29N5OS2/c1-13(2)19-23-21-18(15-8-7-14(3)11-16(15)30-21)20-24-25-22(27(19)20)29-12-17(28)26-9-5-4-6-10-26/h13-14H,4-12H2,1-3H3/t14-/m0/s1. The Kier molecular flexibility index (Phi) is 5.47. The smallest absolute Gasteiger partial charge is 0.233 e. The van der Waals surface area contributed by atoms with Crippen LogP contribution in [0.25, 0.3) is 15.9 Å². The number of hydrogen-bond donors (Lipinski definition) is 0. The van der Waals surface area contributed by atoms with Gasteiger partial charge in [0.25, 0.3) is 0 Å². The summed E-state index contributed by atoms with van der Waals surface area (Å²) in [7, 11) is 0. The summed E-state index contributed by atoms with van der Waals surface area (Å²) in [4.78, 5) is 22.3. The van der Waals surface area contributed by atoms with E-state index in [1.54, 1.807) is 0 Å². The van der Waals surface area contributed by atoms with Crippen LogP contribution in [0.15, 0.2) is 5.16 Å². The molecule has 0 saturated carbocycles. The quantitative estimate of drug-likeness (QED) is 0.547. The molecule has 0 spiro atoms. The Morgan fingerprint density at radius 2 is 2.03 bits per heavy atom. The fourth-order valence-electron chi connectivity index (χ4n) is 4.68. The Bertz CT molecular complexity index is 1100. The Balaban J connectivity index is 1.53. The van der Waals surface area contributed by atoms with Crippen molar-refractivity contribution in [3.05, 3.63) is 16.3 Å². The minimum absolute atomic E-state index is 0.207. The highest BCUT2D eigenvalue weighted by atomic mass is 32.2. The number of piperidine rings is 1. The first-order chi connectivity index (χ1) is 14.5. The lowest BCUT2D eigenvalue weighted by atomic mass is 9.89. The van der Waals surface area contributed by atoms with Gasteiger partial charge in [-0.2, -0.15) is 0 Å². The van der Waals surface area contributed by atoms with Crippen molar-refractivity contribution in [3.8, 4) is 0 Å². The molecule has 0 radical (unpaired) electrons. The van der Waals surface area contributed by atoms with Gasteiger partial charge in [0.1, 0.15) is 10.7 Å². The number of likely N-dealkylation sites (tertiary alicyclic amines) is 1. The number of fused-ring (bicyclic) bond motifs is 5. The van der Waals surface area contributed by atoms with Gasteiger partial charge in [0.15, 0.2) is 10.8 Å². The van der Waals surface area contributed by atoms with Gasteiger partial charge in [-0.05, 0) is 50.0 Å². The predicted molar refractivity (Wildman–Crippen MR) is 123 cm³/mol. The van der Waals surface area contributed by atoms with E-state index in [2.05, 4.69) is 35.4 Å². The fourth-order valence-corrected chi connectivity index (χ4v) is 6.91. The molecule has 3 aromatic heterocycles. The molecule has 1 aliphatic heterocycles. The predicted octanol–water partition coefficient (Wildman–Crippen LogP) is 4.69. The summed E-state index contributed by atoms with van der Waals surface area (Å²) in [6.07, 6.45) is 6.92. The van der Waals surface area contributed by atoms with Crippen molar-refractivity contribution in [1.29, 1.82) is 0 Å². The van der Waals surface area contributed by atoms with E-state index in [0.29, 0.717) is 5.75 Å². The summed E-state index contributed by atoms with van der Waals surface area (Å²) in [5, 5.41) is 11.1. The SMILES string of the molecule is CC(C)c1nc2sc3c(c2c2nnc(SCC(=O)N4CCCCC4)n12)CC[C@H](C)C3. The molecule has 8 heteroatoms. The van der Waals surface area contributed by atoms with Crippen LogP contribution < -0.4 is 0 Å². The molecular formula is C22H29N5OS2. The molecule has 0 unspecified atom stereocenters. The van der Waals surface area contributed by atoms with Crippen LogP contribution in [0, 0.1) is 5.92 Å². The number of thiophene rings is 1. The number of carbonyl (C=O) groups is 1. The number of aryl methyl sites for hydroxylation is 1. The van der Waals surface area contributed by atoms with E-state index in [0.717, 1.165) is 66.1 Å². The number of rotatable bonds is 4. The van der Waals surface area contributed by atoms with Crippen molar-refractivity contribution >= 4 is 44.9 Å². The minimum atomic E-state index is 0.207. The second-order valence-electron chi connectivity index (χ2n) is 9.03. The molecule has 1 amide bonds. The highest BCUT2D eigenvalue weighted by Gasteiger charge is 2.26. The Labute approximate surface area is 185 Å². The van der Waals surface area contributed by atoms with E-state index in [-0.39, 0.29) is 11.8 Å². The molecule has 0 bridgehead atoms. The first-order valence-corrected chi connectivity index (χ1v) is 12.9. The number of thioether (sulfide) groups is 1. The van der Waals surface area contributed by atoms with Crippen molar-refractivity contribution in [2.24, 2.45) is 5.92 Å². The fraction of sp³-hybridized carbons (Fsp3) is 0.636. The van der Waals surface area contributed by atoms with Crippen LogP contribution in [0.2, 0.25) is 0 Å². The Morgan fingerprint density at radius 1 is 1.23 bits per heavy atom. The van der Waals surface area contributed by atoms with Gasteiger partial charge in [-0.1, -0.05) is 32.5 Å². The van der Waals surface area contributed by atoms with Gasteiger partial charge in [0.05, 0.1) is 11.1 Å². The Hall–Kier alpha value is -1.67. The maximum atomic E-state index is 12.7. The molecule has 1 atom stereocenters. The van der Waals surface area contributed by atoms with Crippen LogP contribution in [0.1, 0.15) is 68.6 Å². The molecule has 1 aliphatic carbocycles. The summed E-state index contributed by atoms with van der Waals surface area (Å²) >= 11 is 3.34. The summed E-state index contributed by atoms with van der Waals surface area (Å²) < 4.78 is 2.12. The molecule has 30 heavy (non-hydrogen) atoms. The average Bonchev–Trinajstić information content (AvgIpc) is 3.32. The van der Waals surface area contributed by atoms with Crippen molar-refractivity contribution in [3.63, 3.8) is 0 Å². The van der Waals surface area contributed by atoms with Crippen molar-refractivity contribution in [1.82, 2.24) is 24.5 Å². The van der Waals surface area contributed by atoms with Crippen LogP contribution >= 0.6 is 23.1 Å². The van der Waals surface area contributed by atoms with Crippen molar-refractivity contribution < 1.29 is 4.79 Å². The molecule has 3 aromatic rings. The minimum Gasteiger partial charge on any atom is -0.342 e. The summed E-state index contributed by atoms with van der Waals surface area (Å²) in [5.41, 5.74) is 2.35. The van der Waals surface area contributed by atoms with Crippen LogP contribution in [-0.4, -0.2) is 49.2 Å². The summed E-state index contributed by atoms with van der Waals surface area (Å²) in [6, 6.07) is 0. The second-order valence-corrected chi connectivity index (χ2v) is 11.1. The van der Waals surface area contributed by atoms with Crippen molar-refractivity contribution in [2.45, 2.75) is 70.4 Å². The molecule has 4 heterocycles. The molecule has 5 rings (SSSR count). The maximum Gasteiger partial charge on any atom is 0.233 e. The third-order valence-corrected chi connectivity index (χ3v) is 8.41. The van der Waals surface area contributed by atoms with Gasteiger partial charge in [0, 0.05) is 23.9 Å². The number of amides is 1. The first-order valence-electron chi connectivity index (χ1n) is 11.1. The number of aromatic nitrogens is 4. The third kappa shape index (κ3) is 3.51. The third-order valence-electron chi connectivity index (χ3n) is 6.35. The second kappa shape index (κ2) is 8.11. The van der Waals surface area contributed by atoms with Crippen LogP contribution in [0.4, 0.5) is 0 Å². The number of nitrogens with zero attached hydrogens (tertiary/aromatic N) is 5. The largest absolute Gasteiger partial charge is 0.342 e. The summed E-state index contributed by atoms with van der Waals surface area (Å²) in [5.74, 6) is 2.59. The van der Waals surface area contributed by atoms with E-state index >= 15 is 0 Å². The van der Waals surface area contributed by atoms with Crippen LogP contribution in [0.3, 0.4) is 0 Å². The average molecular weight is 444 g/mol. The van der Waals surface area contributed by atoms with E-state index in [1.165, 1.54) is 40.4 Å². The normalized spacial score (nSPS) is 19.7. The zero-order valence-corrected chi connectivity index (χ0v) is 19.6. The van der Waals surface area contributed by atoms with Crippen molar-refractivity contribution in [2.75, 3.05) is 18.8 Å². The molecule has 6 nitrogen and oxygen atoms in total. The highest BCUT2D eigenvalue weighted by Crippen LogP contribution is 2.40. The van der Waals surface area contributed by atoms with Gasteiger partial charge in [-0.25, -0.2) is 4.98 Å². The molecule has 1 fully saturated rings.